The van der Waals surface area contributed by atoms with E-state index in [1.165, 1.54) is 30.2 Å². The molecule has 0 spiro atoms. The monoisotopic (exact) mass is 529 g/mol. The van der Waals surface area contributed by atoms with Crippen molar-refractivity contribution < 1.29 is 32.3 Å². The van der Waals surface area contributed by atoms with Crippen molar-refractivity contribution in [1.29, 1.82) is 0 Å². The number of rotatable bonds is 9. The van der Waals surface area contributed by atoms with Gasteiger partial charge >= 0.3 is 5.97 Å². The van der Waals surface area contributed by atoms with Gasteiger partial charge in [-0.1, -0.05) is 19.1 Å². The number of aromatic nitrogens is 1. The second-order valence-electron chi connectivity index (χ2n) is 9.67. The van der Waals surface area contributed by atoms with Crippen molar-refractivity contribution in [2.75, 3.05) is 19.5 Å². The first-order valence-electron chi connectivity index (χ1n) is 12.8. The van der Waals surface area contributed by atoms with Crippen LogP contribution in [-0.4, -0.2) is 48.2 Å². The van der Waals surface area contributed by atoms with Crippen LogP contribution in [0.5, 0.6) is 0 Å². The Morgan fingerprint density at radius 1 is 1.18 bits per heavy atom. The van der Waals surface area contributed by atoms with Crippen LogP contribution in [-0.2, 0) is 25.5 Å². The van der Waals surface area contributed by atoms with E-state index in [0.29, 0.717) is 37.8 Å². The lowest BCUT2D eigenvalue weighted by Gasteiger charge is -2.34. The highest BCUT2D eigenvalue weighted by molar-refractivity contribution is 5.82. The van der Waals surface area contributed by atoms with Gasteiger partial charge in [0.2, 0.25) is 5.91 Å². The molecule has 1 N–H and O–H groups in total. The summed E-state index contributed by atoms with van der Waals surface area (Å²) in [6.45, 7) is 3.72. The summed E-state index contributed by atoms with van der Waals surface area (Å²) in [7, 11) is 3.04. The maximum Gasteiger partial charge on any atom is 0.308 e. The molecule has 10 heteroatoms. The van der Waals surface area contributed by atoms with Gasteiger partial charge in [0.15, 0.2) is 11.4 Å². The van der Waals surface area contributed by atoms with E-state index in [9.17, 15) is 14.0 Å². The molecule has 8 nitrogen and oxygen atoms in total. The number of aryl methyl sites for hydroxylation is 1. The zero-order chi connectivity index (χ0) is 27.4. The molecule has 3 aromatic rings. The van der Waals surface area contributed by atoms with Gasteiger partial charge in [0.25, 0.3) is 6.01 Å². The predicted molar refractivity (Wildman–Crippen MR) is 138 cm³/mol. The summed E-state index contributed by atoms with van der Waals surface area (Å²) >= 11 is 0. The van der Waals surface area contributed by atoms with Gasteiger partial charge in [0.1, 0.15) is 17.6 Å². The number of hydrogen-bond acceptors (Lipinski definition) is 7. The van der Waals surface area contributed by atoms with Gasteiger partial charge in [0, 0.05) is 18.3 Å². The number of carbonyl (C=O) groups excluding carboxylic acids is 2. The Hall–Kier alpha value is -3.53. The number of esters is 1. The van der Waals surface area contributed by atoms with Gasteiger partial charge in [0.05, 0.1) is 25.6 Å². The van der Waals surface area contributed by atoms with Crippen molar-refractivity contribution in [3.8, 4) is 0 Å². The van der Waals surface area contributed by atoms with Crippen LogP contribution in [0.25, 0.3) is 11.1 Å². The molecule has 0 radical (unpaired) electrons. The van der Waals surface area contributed by atoms with Crippen LogP contribution >= 0.6 is 0 Å². The molecule has 1 amide bonds. The Bertz CT molecular complexity index is 1300. The van der Waals surface area contributed by atoms with Crippen LogP contribution in [0.3, 0.4) is 0 Å². The van der Waals surface area contributed by atoms with Crippen molar-refractivity contribution in [2.24, 2.45) is 5.92 Å². The Morgan fingerprint density at radius 2 is 1.92 bits per heavy atom. The van der Waals surface area contributed by atoms with E-state index in [0.717, 1.165) is 5.56 Å². The summed E-state index contributed by atoms with van der Waals surface area (Å²) in [5, 5.41) is 2.88. The van der Waals surface area contributed by atoms with Crippen LogP contribution in [0.2, 0.25) is 0 Å². The Balaban J connectivity index is 1.41. The van der Waals surface area contributed by atoms with E-state index in [-0.39, 0.29) is 53.0 Å². The number of fused-ring (bicyclic) bond motifs is 1. The van der Waals surface area contributed by atoms with Crippen LogP contribution in [0.4, 0.5) is 20.5 Å². The molecule has 1 atom stereocenters. The quantitative estimate of drug-likeness (QED) is 0.283. The first-order chi connectivity index (χ1) is 18.2. The van der Waals surface area contributed by atoms with Gasteiger partial charge in [-0.3, -0.25) is 9.59 Å². The van der Waals surface area contributed by atoms with Crippen LogP contribution in [0.1, 0.15) is 50.2 Å². The average molecular weight is 530 g/mol. The minimum absolute atomic E-state index is 0.0227. The Labute approximate surface area is 220 Å². The molecule has 1 aliphatic carbocycles. The third kappa shape index (κ3) is 6.12. The van der Waals surface area contributed by atoms with Gasteiger partial charge in [-0.05, 0) is 62.8 Å². The normalized spacial score (nSPS) is 18.3. The highest BCUT2D eigenvalue weighted by atomic mass is 19.1. The van der Waals surface area contributed by atoms with E-state index >= 15 is 4.39 Å². The Morgan fingerprint density at radius 3 is 2.61 bits per heavy atom. The van der Waals surface area contributed by atoms with Crippen LogP contribution in [0, 0.1) is 24.5 Å². The number of hydrogen-bond donors (Lipinski definition) is 1. The minimum atomic E-state index is -0.670. The summed E-state index contributed by atoms with van der Waals surface area (Å²) in [6.07, 6.45) is 2.64. The molecule has 0 aliphatic heterocycles. The van der Waals surface area contributed by atoms with Gasteiger partial charge in [-0.15, -0.1) is 0 Å². The number of halogens is 2. The molecule has 2 aromatic carbocycles. The van der Waals surface area contributed by atoms with Crippen molar-refractivity contribution in [3.63, 3.8) is 0 Å². The number of amides is 1. The van der Waals surface area contributed by atoms with Crippen LogP contribution < -0.4 is 5.32 Å². The number of anilines is 2. The fourth-order valence-corrected chi connectivity index (χ4v) is 4.77. The van der Waals surface area contributed by atoms with Crippen molar-refractivity contribution in [1.82, 2.24) is 9.88 Å². The maximum absolute atomic E-state index is 15.3. The molecular formula is C28H33F2N3O5. The number of oxazole rings is 1. The fraction of sp³-hybridized carbons (Fsp3) is 0.464. The molecule has 38 heavy (non-hydrogen) atoms. The van der Waals surface area contributed by atoms with Gasteiger partial charge in [-0.25, -0.2) is 8.78 Å². The van der Waals surface area contributed by atoms with E-state index < -0.39 is 17.9 Å². The standard InChI is InChI=1S/C28H33F2N3O5/c1-5-24(37-20-11-7-17(8-12-20)27(35)36-4)33(3)23(34)14-18-9-13-21-26(25(18)30)38-28(31-21)32-22-15-19(29)10-6-16(22)2/h6,9-10,13,15,17,20,24H,5,7-8,11-12,14H2,1-4H3,(H,31,32)/t17?,20?,24-/m0/s1. The molecule has 0 saturated heterocycles. The highest BCUT2D eigenvalue weighted by Crippen LogP contribution is 2.30. The van der Waals surface area contributed by atoms with E-state index in [1.807, 2.05) is 6.92 Å². The molecule has 1 heterocycles. The van der Waals surface area contributed by atoms with E-state index in [2.05, 4.69) is 10.3 Å². The molecule has 0 bridgehead atoms. The summed E-state index contributed by atoms with van der Waals surface area (Å²) in [6, 6.07) is 7.38. The van der Waals surface area contributed by atoms with Gasteiger partial charge < -0.3 is 24.1 Å². The van der Waals surface area contributed by atoms with Gasteiger partial charge in [-0.2, -0.15) is 4.98 Å². The molecule has 0 unspecified atom stereocenters. The number of methoxy groups -OCH3 is 1. The second kappa shape index (κ2) is 11.9. The molecule has 204 valence electrons. The van der Waals surface area contributed by atoms with Crippen molar-refractivity contribution in [3.05, 3.63) is 53.1 Å². The molecular weight excluding hydrogens is 496 g/mol. The second-order valence-corrected chi connectivity index (χ2v) is 9.67. The lowest BCUT2D eigenvalue weighted by Crippen LogP contribution is -2.42. The molecule has 1 aliphatic rings. The fourth-order valence-electron chi connectivity index (χ4n) is 4.77. The van der Waals surface area contributed by atoms with Crippen LogP contribution in [0.15, 0.2) is 34.7 Å². The largest absolute Gasteiger partial charge is 0.469 e. The first kappa shape index (κ1) is 27.5. The number of carbonyl (C=O) groups is 2. The topological polar surface area (TPSA) is 93.9 Å². The Kier molecular flexibility index (Phi) is 8.61. The number of ether oxygens (including phenoxy) is 2. The SMILES string of the molecule is CC[C@H](OC1CCC(C(=O)OC)CC1)N(C)C(=O)Cc1ccc2nc(Nc3cc(F)ccc3C)oc2c1F. The number of likely N-dealkylation sites (N-methyl/N-ethyl adjacent to an activating group) is 1. The smallest absolute Gasteiger partial charge is 0.308 e. The number of nitrogens with one attached hydrogen (secondary N) is 1. The highest BCUT2D eigenvalue weighted by Gasteiger charge is 2.30. The van der Waals surface area contributed by atoms with E-state index in [4.69, 9.17) is 13.9 Å². The third-order valence-corrected chi connectivity index (χ3v) is 7.09. The molecule has 1 saturated carbocycles. The first-order valence-corrected chi connectivity index (χ1v) is 12.8. The van der Waals surface area contributed by atoms with Crippen molar-refractivity contribution in [2.45, 2.75) is 64.7 Å². The third-order valence-electron chi connectivity index (χ3n) is 7.09. The maximum atomic E-state index is 15.3. The van der Waals surface area contributed by atoms with E-state index in [1.54, 1.807) is 26.1 Å². The molecule has 1 fully saturated rings. The minimum Gasteiger partial charge on any atom is -0.469 e. The zero-order valence-corrected chi connectivity index (χ0v) is 22.1. The summed E-state index contributed by atoms with van der Waals surface area (Å²) in [4.78, 5) is 30.6. The predicted octanol–water partition coefficient (Wildman–Crippen LogP) is 5.64. The zero-order valence-electron chi connectivity index (χ0n) is 22.1. The lowest BCUT2D eigenvalue weighted by atomic mass is 9.87. The number of nitrogens with zero attached hydrogens (tertiary/aromatic N) is 2. The summed E-state index contributed by atoms with van der Waals surface area (Å²) in [5.74, 6) is -1.70. The number of benzene rings is 2. The summed E-state index contributed by atoms with van der Waals surface area (Å²) < 4.78 is 45.5. The molecule has 4 rings (SSSR count). The average Bonchev–Trinajstić information content (AvgIpc) is 3.33. The lowest BCUT2D eigenvalue weighted by molar-refractivity contribution is -0.155. The van der Waals surface area contributed by atoms with Crippen molar-refractivity contribution >= 4 is 34.7 Å². The molecule has 1 aromatic heterocycles. The summed E-state index contributed by atoms with van der Waals surface area (Å²) in [5.41, 5.74) is 1.60.